The van der Waals surface area contributed by atoms with Gasteiger partial charge in [0.2, 0.25) is 11.8 Å². The van der Waals surface area contributed by atoms with E-state index in [1.165, 1.54) is 24.3 Å². The van der Waals surface area contributed by atoms with Gasteiger partial charge in [-0.3, -0.25) is 19.4 Å². The SMILES string of the molecule is C=CC(=O)N1CCN2Cc3c(N4C(=O)CCC4C)nc(-c4c(O)cccc4F)c(Cl)c3OC[C@H]2C1. The van der Waals surface area contributed by atoms with Gasteiger partial charge in [0.25, 0.3) is 0 Å². The first-order chi connectivity index (χ1) is 16.8. The van der Waals surface area contributed by atoms with Gasteiger partial charge in [-0.05, 0) is 31.6 Å². The number of carbonyl (C=O) groups is 2. The van der Waals surface area contributed by atoms with Crippen LogP contribution in [0, 0.1) is 5.82 Å². The van der Waals surface area contributed by atoms with Gasteiger partial charge in [-0.2, -0.15) is 0 Å². The Kier molecular flexibility index (Phi) is 6.14. The van der Waals surface area contributed by atoms with Crippen molar-refractivity contribution < 1.29 is 23.8 Å². The number of piperazine rings is 1. The van der Waals surface area contributed by atoms with E-state index < -0.39 is 5.82 Å². The molecule has 4 heterocycles. The molecule has 2 saturated heterocycles. The molecule has 1 aromatic carbocycles. The summed E-state index contributed by atoms with van der Waals surface area (Å²) in [4.78, 5) is 35.3. The van der Waals surface area contributed by atoms with Crippen molar-refractivity contribution in [3.05, 3.63) is 47.3 Å². The summed E-state index contributed by atoms with van der Waals surface area (Å²) in [5.41, 5.74) is 0.517. The summed E-state index contributed by atoms with van der Waals surface area (Å²) in [6, 6.07) is 3.75. The van der Waals surface area contributed by atoms with Crippen LogP contribution in [0.1, 0.15) is 25.3 Å². The van der Waals surface area contributed by atoms with Gasteiger partial charge in [-0.15, -0.1) is 0 Å². The quantitative estimate of drug-likeness (QED) is 0.650. The Hall–Kier alpha value is -3.17. The Morgan fingerprint density at radius 3 is 2.86 bits per heavy atom. The highest BCUT2D eigenvalue weighted by Gasteiger charge is 2.39. The molecule has 0 radical (unpaired) electrons. The van der Waals surface area contributed by atoms with Gasteiger partial charge in [0.15, 0.2) is 0 Å². The second-order valence-corrected chi connectivity index (χ2v) is 9.49. The molecule has 2 amide bonds. The van der Waals surface area contributed by atoms with Crippen molar-refractivity contribution >= 4 is 29.2 Å². The third kappa shape index (κ3) is 4.02. The number of hydrogen-bond acceptors (Lipinski definition) is 6. The van der Waals surface area contributed by atoms with E-state index in [2.05, 4.69) is 16.5 Å². The second-order valence-electron chi connectivity index (χ2n) is 9.11. The molecule has 0 saturated carbocycles. The number of amides is 2. The lowest BCUT2D eigenvalue weighted by Crippen LogP contribution is -2.55. The lowest BCUT2D eigenvalue weighted by atomic mass is 10.1. The third-order valence-corrected chi connectivity index (χ3v) is 7.33. The Balaban J connectivity index is 1.64. The number of phenolic OH excluding ortho intramolecular Hbond substituents is 1. The molecule has 10 heteroatoms. The topological polar surface area (TPSA) is 86.2 Å². The average Bonchev–Trinajstić information content (AvgIpc) is 3.05. The summed E-state index contributed by atoms with van der Waals surface area (Å²) in [7, 11) is 0. The number of hydrogen-bond donors (Lipinski definition) is 1. The zero-order valence-electron chi connectivity index (χ0n) is 19.3. The summed E-state index contributed by atoms with van der Waals surface area (Å²) in [6.07, 6.45) is 2.35. The molecule has 3 aliphatic rings. The van der Waals surface area contributed by atoms with Gasteiger partial charge >= 0.3 is 0 Å². The van der Waals surface area contributed by atoms with Crippen LogP contribution in [-0.2, 0) is 16.1 Å². The second kappa shape index (κ2) is 9.13. The van der Waals surface area contributed by atoms with Crippen LogP contribution in [0.4, 0.5) is 10.2 Å². The first kappa shape index (κ1) is 23.6. The van der Waals surface area contributed by atoms with E-state index in [1.807, 2.05) is 6.92 Å². The normalized spacial score (nSPS) is 22.3. The Morgan fingerprint density at radius 1 is 1.37 bits per heavy atom. The highest BCUT2D eigenvalue weighted by atomic mass is 35.5. The van der Waals surface area contributed by atoms with Crippen molar-refractivity contribution in [2.45, 2.75) is 38.4 Å². The van der Waals surface area contributed by atoms with Crippen molar-refractivity contribution in [3.63, 3.8) is 0 Å². The van der Waals surface area contributed by atoms with Crippen LogP contribution in [0.25, 0.3) is 11.3 Å². The number of anilines is 1. The van der Waals surface area contributed by atoms with E-state index >= 15 is 0 Å². The molecular weight excluding hydrogens is 475 g/mol. The number of pyridine rings is 1. The Bertz CT molecular complexity index is 1200. The molecule has 1 N–H and O–H groups in total. The lowest BCUT2D eigenvalue weighted by Gasteiger charge is -2.39. The van der Waals surface area contributed by atoms with Crippen molar-refractivity contribution in [1.82, 2.24) is 14.8 Å². The molecule has 0 spiro atoms. The van der Waals surface area contributed by atoms with Gasteiger partial charge in [0.1, 0.15) is 40.5 Å². The summed E-state index contributed by atoms with van der Waals surface area (Å²) in [5.74, 6) is -0.535. The third-order valence-electron chi connectivity index (χ3n) is 6.98. The highest BCUT2D eigenvalue weighted by molar-refractivity contribution is 6.35. The predicted molar refractivity (Wildman–Crippen MR) is 129 cm³/mol. The number of aromatic hydroxyl groups is 1. The Labute approximate surface area is 207 Å². The minimum Gasteiger partial charge on any atom is -0.507 e. The minimum absolute atomic E-state index is 0.0197. The number of benzene rings is 1. The van der Waals surface area contributed by atoms with Gasteiger partial charge in [-0.1, -0.05) is 24.2 Å². The lowest BCUT2D eigenvalue weighted by molar-refractivity contribution is -0.129. The monoisotopic (exact) mass is 500 g/mol. The van der Waals surface area contributed by atoms with Crippen LogP contribution in [0.2, 0.25) is 5.02 Å². The highest BCUT2D eigenvalue weighted by Crippen LogP contribution is 2.46. The van der Waals surface area contributed by atoms with Crippen LogP contribution >= 0.6 is 11.6 Å². The summed E-state index contributed by atoms with van der Waals surface area (Å²) in [6.45, 7) is 7.75. The first-order valence-corrected chi connectivity index (χ1v) is 12.0. The predicted octanol–water partition coefficient (Wildman–Crippen LogP) is 3.35. The molecule has 2 aromatic rings. The molecule has 8 nitrogen and oxygen atoms in total. The fourth-order valence-corrected chi connectivity index (χ4v) is 5.40. The largest absolute Gasteiger partial charge is 0.507 e. The minimum atomic E-state index is -0.685. The van der Waals surface area contributed by atoms with E-state index in [1.54, 1.807) is 9.80 Å². The zero-order valence-corrected chi connectivity index (χ0v) is 20.1. The van der Waals surface area contributed by atoms with E-state index in [9.17, 15) is 19.1 Å². The van der Waals surface area contributed by atoms with Gasteiger partial charge < -0.3 is 14.7 Å². The number of halogens is 2. The maximum absolute atomic E-state index is 14.9. The van der Waals surface area contributed by atoms with E-state index in [0.29, 0.717) is 56.2 Å². The van der Waals surface area contributed by atoms with Crippen LogP contribution in [0.15, 0.2) is 30.9 Å². The summed E-state index contributed by atoms with van der Waals surface area (Å²) >= 11 is 6.76. The molecular formula is C25H26ClFN4O4. The molecule has 1 unspecified atom stereocenters. The van der Waals surface area contributed by atoms with Crippen molar-refractivity contribution in [3.8, 4) is 22.8 Å². The van der Waals surface area contributed by atoms with Gasteiger partial charge in [-0.25, -0.2) is 9.37 Å². The Morgan fingerprint density at radius 2 is 2.17 bits per heavy atom. The van der Waals surface area contributed by atoms with Crippen LogP contribution < -0.4 is 9.64 Å². The number of nitrogens with zero attached hydrogens (tertiary/aromatic N) is 4. The smallest absolute Gasteiger partial charge is 0.246 e. The molecule has 0 aliphatic carbocycles. The summed E-state index contributed by atoms with van der Waals surface area (Å²) < 4.78 is 21.1. The fourth-order valence-electron chi connectivity index (χ4n) is 5.09. The van der Waals surface area contributed by atoms with Gasteiger partial charge in [0, 0.05) is 38.6 Å². The standard InChI is InChI=1S/C25H26ClFN4O4/c1-3-19(33)30-10-9-29-12-16-24(35-13-15(29)11-30)22(26)23(21-17(27)5-4-6-18(21)32)28-25(16)31-14(2)7-8-20(31)34/h3-6,14-15,32H,1,7-13H2,2H3/t14?,15-/m1/s1. The van der Waals surface area contributed by atoms with E-state index in [-0.39, 0.29) is 52.5 Å². The van der Waals surface area contributed by atoms with Crippen molar-refractivity contribution in [2.24, 2.45) is 0 Å². The van der Waals surface area contributed by atoms with Crippen LogP contribution in [-0.4, -0.2) is 70.0 Å². The molecule has 0 bridgehead atoms. The maximum Gasteiger partial charge on any atom is 0.246 e. The average molecular weight is 501 g/mol. The van der Waals surface area contributed by atoms with Crippen LogP contribution in [0.3, 0.4) is 0 Å². The van der Waals surface area contributed by atoms with E-state index in [0.717, 1.165) is 0 Å². The summed E-state index contributed by atoms with van der Waals surface area (Å²) in [5, 5.41) is 10.5. The number of fused-ring (bicyclic) bond motifs is 2. The zero-order chi connectivity index (χ0) is 24.9. The molecule has 184 valence electrons. The van der Waals surface area contributed by atoms with E-state index in [4.69, 9.17) is 16.3 Å². The first-order valence-electron chi connectivity index (χ1n) is 11.6. The number of rotatable bonds is 3. The van der Waals surface area contributed by atoms with Gasteiger partial charge in [0.05, 0.1) is 17.2 Å². The number of ether oxygens (including phenoxy) is 1. The molecule has 5 rings (SSSR count). The van der Waals surface area contributed by atoms with Crippen LogP contribution in [0.5, 0.6) is 11.5 Å². The van der Waals surface area contributed by atoms with Crippen molar-refractivity contribution in [2.75, 3.05) is 31.1 Å². The fraction of sp³-hybridized carbons (Fsp3) is 0.400. The number of carbonyl (C=O) groups excluding carboxylic acids is 2. The molecule has 1 aromatic heterocycles. The molecule has 35 heavy (non-hydrogen) atoms. The number of phenols is 1. The molecule has 2 atom stereocenters. The maximum atomic E-state index is 14.9. The number of aromatic nitrogens is 1. The molecule has 3 aliphatic heterocycles. The molecule has 2 fully saturated rings. The van der Waals surface area contributed by atoms with Crippen molar-refractivity contribution in [1.29, 1.82) is 0 Å².